The molecule has 36 heavy (non-hydrogen) atoms. The van der Waals surface area contributed by atoms with E-state index in [1.54, 1.807) is 33.9 Å². The summed E-state index contributed by atoms with van der Waals surface area (Å²) in [4.78, 5) is 17.1. The van der Waals surface area contributed by atoms with Crippen LogP contribution in [-0.4, -0.2) is 30.6 Å². The average molecular weight is 484 g/mol. The van der Waals surface area contributed by atoms with Gasteiger partial charge in [0, 0.05) is 30.3 Å². The van der Waals surface area contributed by atoms with Gasteiger partial charge in [0.25, 0.3) is 0 Å². The predicted octanol–water partition coefficient (Wildman–Crippen LogP) is 6.04. The third-order valence-corrected chi connectivity index (χ3v) is 6.03. The molecule has 2 aromatic carbocycles. The van der Waals surface area contributed by atoms with Gasteiger partial charge in [0.05, 0.1) is 34.5 Å². The normalized spacial score (nSPS) is 11.3. The van der Waals surface area contributed by atoms with Gasteiger partial charge < -0.3 is 5.32 Å². The van der Waals surface area contributed by atoms with Crippen molar-refractivity contribution in [2.24, 2.45) is 7.05 Å². The van der Waals surface area contributed by atoms with Crippen LogP contribution in [0.4, 0.5) is 20.7 Å². The van der Waals surface area contributed by atoms with Crippen LogP contribution in [0.25, 0.3) is 27.7 Å². The number of para-hydroxylation sites is 1. The number of rotatable bonds is 5. The quantitative estimate of drug-likeness (QED) is 0.319. The smallest absolute Gasteiger partial charge is 0.305 e. The Hall–Kier alpha value is -4.53. The topological polar surface area (TPSA) is 89.7 Å². The Morgan fingerprint density at radius 3 is 2.50 bits per heavy atom. The summed E-state index contributed by atoms with van der Waals surface area (Å²) >= 11 is 0. The lowest BCUT2D eigenvalue weighted by Gasteiger charge is -2.11. The maximum absolute atomic E-state index is 15.1. The van der Waals surface area contributed by atoms with Gasteiger partial charge in [-0.2, -0.15) is 10.2 Å². The van der Waals surface area contributed by atoms with E-state index < -0.39 is 11.8 Å². The molecule has 0 saturated carbocycles. The van der Waals surface area contributed by atoms with Crippen LogP contribution in [0, 0.1) is 12.7 Å². The standard InChI is InChI=1S/C27H26FN7O/c1-16(2)23-13-25(35(33-23)19-8-6-5-7-9-19)31-27(36)30-22-11-10-18(12-21(22)28)20-14-29-15-24-26(20)17(3)32-34(24)4/h5-16H,1-4H3,(H2,30,31,36). The fourth-order valence-electron chi connectivity index (χ4n) is 4.21. The molecular formula is C27H26FN7O. The van der Waals surface area contributed by atoms with Crippen LogP contribution < -0.4 is 10.6 Å². The number of nitrogens with zero attached hydrogens (tertiary/aromatic N) is 5. The van der Waals surface area contributed by atoms with Crippen LogP contribution >= 0.6 is 0 Å². The van der Waals surface area contributed by atoms with E-state index in [0.717, 1.165) is 33.5 Å². The zero-order valence-corrected chi connectivity index (χ0v) is 20.5. The van der Waals surface area contributed by atoms with Crippen LogP contribution in [0.2, 0.25) is 0 Å². The minimum absolute atomic E-state index is 0.0640. The lowest BCUT2D eigenvalue weighted by Crippen LogP contribution is -2.22. The van der Waals surface area contributed by atoms with Crippen molar-refractivity contribution in [1.82, 2.24) is 24.5 Å². The summed E-state index contributed by atoms with van der Waals surface area (Å²) in [6.07, 6.45) is 3.43. The van der Waals surface area contributed by atoms with Gasteiger partial charge in [-0.1, -0.05) is 38.1 Å². The molecule has 0 unspecified atom stereocenters. The van der Waals surface area contributed by atoms with Crippen molar-refractivity contribution in [1.29, 1.82) is 0 Å². The Balaban J connectivity index is 1.40. The van der Waals surface area contributed by atoms with Crippen LogP contribution in [0.3, 0.4) is 0 Å². The molecule has 2 amide bonds. The Morgan fingerprint density at radius 2 is 1.78 bits per heavy atom. The van der Waals surface area contributed by atoms with Crippen molar-refractivity contribution < 1.29 is 9.18 Å². The second-order valence-electron chi connectivity index (χ2n) is 8.92. The molecule has 3 aromatic heterocycles. The first-order valence-corrected chi connectivity index (χ1v) is 11.6. The first kappa shape index (κ1) is 23.2. The van der Waals surface area contributed by atoms with Gasteiger partial charge >= 0.3 is 6.03 Å². The molecule has 2 N–H and O–H groups in total. The van der Waals surface area contributed by atoms with Crippen LogP contribution in [0.1, 0.15) is 31.2 Å². The molecule has 0 atom stereocenters. The molecule has 9 heteroatoms. The summed E-state index contributed by atoms with van der Waals surface area (Å²) in [7, 11) is 1.85. The number of urea groups is 1. The number of fused-ring (bicyclic) bond motifs is 1. The molecule has 0 bridgehead atoms. The van der Waals surface area contributed by atoms with Crippen molar-refractivity contribution in [2.75, 3.05) is 10.6 Å². The molecule has 0 aliphatic rings. The summed E-state index contributed by atoms with van der Waals surface area (Å²) in [6, 6.07) is 15.5. The third kappa shape index (κ3) is 4.31. The van der Waals surface area contributed by atoms with Gasteiger partial charge in [0.2, 0.25) is 0 Å². The summed E-state index contributed by atoms with van der Waals surface area (Å²) in [5, 5.41) is 15.4. The molecule has 0 aliphatic carbocycles. The van der Waals surface area contributed by atoms with E-state index in [2.05, 4.69) is 25.8 Å². The fourth-order valence-corrected chi connectivity index (χ4v) is 4.21. The second kappa shape index (κ2) is 9.26. The van der Waals surface area contributed by atoms with Gasteiger partial charge in [-0.3, -0.25) is 15.0 Å². The number of carbonyl (C=O) groups excluding carboxylic acids is 1. The number of carbonyl (C=O) groups is 1. The number of pyridine rings is 1. The molecule has 0 spiro atoms. The van der Waals surface area contributed by atoms with Gasteiger partial charge in [-0.15, -0.1) is 0 Å². The summed E-state index contributed by atoms with van der Waals surface area (Å²) in [5.41, 5.74) is 4.83. The maximum Gasteiger partial charge on any atom is 0.324 e. The van der Waals surface area contributed by atoms with Crippen LogP contribution in [0.5, 0.6) is 0 Å². The summed E-state index contributed by atoms with van der Waals surface area (Å²) < 4.78 is 18.5. The average Bonchev–Trinajstić information content (AvgIpc) is 3.41. The second-order valence-corrected chi connectivity index (χ2v) is 8.92. The van der Waals surface area contributed by atoms with Crippen LogP contribution in [-0.2, 0) is 7.05 Å². The van der Waals surface area contributed by atoms with Crippen molar-refractivity contribution in [2.45, 2.75) is 26.7 Å². The van der Waals surface area contributed by atoms with Gasteiger partial charge in [-0.25, -0.2) is 13.9 Å². The molecule has 0 fully saturated rings. The number of aryl methyl sites for hydroxylation is 2. The number of halogens is 1. The van der Waals surface area contributed by atoms with E-state index in [1.807, 2.05) is 64.2 Å². The number of anilines is 2. The predicted molar refractivity (Wildman–Crippen MR) is 139 cm³/mol. The van der Waals surface area contributed by atoms with Gasteiger partial charge in [-0.05, 0) is 42.7 Å². The number of benzene rings is 2. The first-order chi connectivity index (χ1) is 17.3. The van der Waals surface area contributed by atoms with Crippen molar-refractivity contribution in [3.05, 3.63) is 84.2 Å². The lowest BCUT2D eigenvalue weighted by atomic mass is 10.0. The number of aromatic nitrogens is 5. The van der Waals surface area contributed by atoms with Crippen molar-refractivity contribution >= 4 is 28.4 Å². The number of hydrogen-bond donors (Lipinski definition) is 2. The molecule has 3 heterocycles. The highest BCUT2D eigenvalue weighted by atomic mass is 19.1. The SMILES string of the molecule is Cc1nn(C)c2cncc(-c3ccc(NC(=O)Nc4cc(C(C)C)nn4-c4ccccc4)c(F)c3)c12. The van der Waals surface area contributed by atoms with E-state index in [4.69, 9.17) is 0 Å². The highest BCUT2D eigenvalue weighted by Gasteiger charge is 2.17. The Morgan fingerprint density at radius 1 is 1.00 bits per heavy atom. The number of nitrogens with one attached hydrogen (secondary N) is 2. The van der Waals surface area contributed by atoms with E-state index >= 15 is 4.39 Å². The molecule has 8 nitrogen and oxygen atoms in total. The van der Waals surface area contributed by atoms with E-state index in [0.29, 0.717) is 11.4 Å². The van der Waals surface area contributed by atoms with Gasteiger partial charge in [0.1, 0.15) is 11.6 Å². The summed E-state index contributed by atoms with van der Waals surface area (Å²) in [6.45, 7) is 5.97. The van der Waals surface area contributed by atoms with Crippen LogP contribution in [0.15, 0.2) is 67.0 Å². The molecule has 5 aromatic rings. The van der Waals surface area contributed by atoms with Gasteiger partial charge in [0.15, 0.2) is 0 Å². The lowest BCUT2D eigenvalue weighted by molar-refractivity contribution is 0.262. The zero-order valence-electron chi connectivity index (χ0n) is 20.5. The molecular weight excluding hydrogens is 457 g/mol. The van der Waals surface area contributed by atoms with E-state index in [1.165, 1.54) is 6.07 Å². The molecule has 0 radical (unpaired) electrons. The minimum atomic E-state index is -0.569. The minimum Gasteiger partial charge on any atom is -0.305 e. The Labute approximate surface area is 207 Å². The first-order valence-electron chi connectivity index (χ1n) is 11.6. The van der Waals surface area contributed by atoms with E-state index in [-0.39, 0.29) is 11.6 Å². The Kier molecular flexibility index (Phi) is 5.97. The molecule has 0 saturated heterocycles. The van der Waals surface area contributed by atoms with Crippen molar-refractivity contribution in [3.63, 3.8) is 0 Å². The number of amides is 2. The highest BCUT2D eigenvalue weighted by Crippen LogP contribution is 2.32. The molecule has 5 rings (SSSR count). The number of hydrogen-bond acceptors (Lipinski definition) is 4. The van der Waals surface area contributed by atoms with Crippen molar-refractivity contribution in [3.8, 4) is 16.8 Å². The maximum atomic E-state index is 15.1. The van der Waals surface area contributed by atoms with E-state index in [9.17, 15) is 4.79 Å². The fraction of sp³-hybridized carbons (Fsp3) is 0.185. The monoisotopic (exact) mass is 483 g/mol. The summed E-state index contributed by atoms with van der Waals surface area (Å²) in [5.74, 6) is 0.107. The highest BCUT2D eigenvalue weighted by molar-refractivity contribution is 6.00. The molecule has 182 valence electrons. The molecule has 0 aliphatic heterocycles. The third-order valence-electron chi connectivity index (χ3n) is 6.03. The zero-order chi connectivity index (χ0) is 25.4. The largest absolute Gasteiger partial charge is 0.324 e. The Bertz CT molecular complexity index is 1570.